The number of amides is 1. The number of esters is 1. The molecule has 1 amide bonds. The second kappa shape index (κ2) is 6.80. The van der Waals surface area contributed by atoms with Gasteiger partial charge in [-0.3, -0.25) is 9.52 Å². The number of ether oxygens (including phenoxy) is 1. The number of anilines is 2. The molecule has 2 aromatic rings. The molecule has 3 rings (SSSR count). The van der Waals surface area contributed by atoms with Gasteiger partial charge in [0, 0.05) is 18.4 Å². The number of fused-ring (bicyclic) bond motifs is 1. The van der Waals surface area contributed by atoms with Gasteiger partial charge in [-0.05, 0) is 55.0 Å². The van der Waals surface area contributed by atoms with E-state index in [0.717, 1.165) is 0 Å². The van der Waals surface area contributed by atoms with Gasteiger partial charge < -0.3 is 9.64 Å². The van der Waals surface area contributed by atoms with E-state index in [0.29, 0.717) is 22.5 Å². The van der Waals surface area contributed by atoms with E-state index < -0.39 is 16.0 Å². The monoisotopic (exact) mass is 374 g/mol. The number of benzene rings is 2. The second-order valence-electron chi connectivity index (χ2n) is 5.82. The molecule has 0 saturated heterocycles. The van der Waals surface area contributed by atoms with Crippen LogP contribution in [0.1, 0.15) is 22.8 Å². The smallest absolute Gasteiger partial charge is 0.338 e. The van der Waals surface area contributed by atoms with Gasteiger partial charge in [0.25, 0.3) is 10.0 Å². The number of nitrogens with one attached hydrogen (secondary N) is 1. The van der Waals surface area contributed by atoms with Crippen LogP contribution in [0.2, 0.25) is 0 Å². The van der Waals surface area contributed by atoms with Crippen molar-refractivity contribution in [2.24, 2.45) is 0 Å². The molecule has 136 valence electrons. The molecule has 1 aliphatic heterocycles. The van der Waals surface area contributed by atoms with Crippen molar-refractivity contribution in [3.63, 3.8) is 0 Å². The molecule has 7 nitrogen and oxygen atoms in total. The highest BCUT2D eigenvalue weighted by Crippen LogP contribution is 2.30. The third-order valence-corrected chi connectivity index (χ3v) is 5.47. The Hall–Kier alpha value is -2.87. The summed E-state index contributed by atoms with van der Waals surface area (Å²) in [6.07, 6.45) is 0.184. The van der Waals surface area contributed by atoms with E-state index >= 15 is 0 Å². The number of sulfonamides is 1. The van der Waals surface area contributed by atoms with E-state index in [1.165, 1.54) is 41.3 Å². The second-order valence-corrected chi connectivity index (χ2v) is 7.51. The molecule has 1 aliphatic rings. The van der Waals surface area contributed by atoms with Crippen LogP contribution in [-0.2, 0) is 26.0 Å². The van der Waals surface area contributed by atoms with E-state index in [1.54, 1.807) is 20.0 Å². The number of hydrogen-bond donors (Lipinski definition) is 1. The minimum atomic E-state index is -3.81. The van der Waals surface area contributed by atoms with Crippen LogP contribution in [0.4, 0.5) is 11.4 Å². The Bertz CT molecular complexity index is 968. The van der Waals surface area contributed by atoms with Crippen LogP contribution in [0.5, 0.6) is 0 Å². The predicted octanol–water partition coefficient (Wildman–Crippen LogP) is 2.18. The number of likely N-dealkylation sites (N-methyl/N-ethyl adjacent to an activating group) is 1. The van der Waals surface area contributed by atoms with E-state index in [4.69, 9.17) is 4.74 Å². The SMILES string of the molecule is CCOC(=O)c1ccc(NS(=O)(=O)c2ccc3c(c2)CC(=O)N3C)cc1. The average Bonchev–Trinajstić information content (AvgIpc) is 2.89. The maximum Gasteiger partial charge on any atom is 0.338 e. The Labute approximate surface area is 151 Å². The summed E-state index contributed by atoms with van der Waals surface area (Å²) in [7, 11) is -2.15. The minimum absolute atomic E-state index is 0.0722. The van der Waals surface area contributed by atoms with Crippen LogP contribution >= 0.6 is 0 Å². The van der Waals surface area contributed by atoms with Crippen molar-refractivity contribution in [1.29, 1.82) is 0 Å². The first kappa shape index (κ1) is 17.9. The fraction of sp³-hybridized carbons (Fsp3) is 0.222. The van der Waals surface area contributed by atoms with E-state index in [1.807, 2.05) is 0 Å². The van der Waals surface area contributed by atoms with Crippen LogP contribution in [0.25, 0.3) is 0 Å². The molecule has 0 aromatic heterocycles. The molecule has 0 fully saturated rings. The normalized spacial score (nSPS) is 13.5. The van der Waals surface area contributed by atoms with Crippen molar-refractivity contribution in [1.82, 2.24) is 0 Å². The summed E-state index contributed by atoms with van der Waals surface area (Å²) >= 11 is 0. The Morgan fingerprint density at radius 2 is 1.88 bits per heavy atom. The molecule has 26 heavy (non-hydrogen) atoms. The Morgan fingerprint density at radius 1 is 1.19 bits per heavy atom. The number of carbonyl (C=O) groups excluding carboxylic acids is 2. The van der Waals surface area contributed by atoms with Crippen LogP contribution in [-0.4, -0.2) is 33.9 Å². The van der Waals surface area contributed by atoms with Gasteiger partial charge in [0.05, 0.1) is 23.5 Å². The third-order valence-electron chi connectivity index (χ3n) is 4.09. The van der Waals surface area contributed by atoms with Crippen LogP contribution < -0.4 is 9.62 Å². The van der Waals surface area contributed by atoms with Gasteiger partial charge in [-0.2, -0.15) is 0 Å². The van der Waals surface area contributed by atoms with Gasteiger partial charge in [-0.1, -0.05) is 0 Å². The summed E-state index contributed by atoms with van der Waals surface area (Å²) in [5.74, 6) is -0.536. The van der Waals surface area contributed by atoms with Gasteiger partial charge in [0.15, 0.2) is 0 Å². The lowest BCUT2D eigenvalue weighted by atomic mass is 10.2. The molecule has 0 spiro atoms. The zero-order valence-corrected chi connectivity index (χ0v) is 15.2. The summed E-state index contributed by atoms with van der Waals surface area (Å²) in [6.45, 7) is 1.98. The average molecular weight is 374 g/mol. The summed E-state index contributed by atoms with van der Waals surface area (Å²) in [5.41, 5.74) is 2.06. The molecular formula is C18H18N2O5S. The standard InChI is InChI=1S/C18H18N2O5S/c1-3-25-18(22)12-4-6-14(7-5-12)19-26(23,24)15-8-9-16-13(10-15)11-17(21)20(16)2/h4-10,19H,3,11H2,1-2H3. The van der Waals surface area contributed by atoms with Gasteiger partial charge in [-0.25, -0.2) is 13.2 Å². The molecule has 0 unspecified atom stereocenters. The maximum absolute atomic E-state index is 12.6. The highest BCUT2D eigenvalue weighted by atomic mass is 32.2. The van der Waals surface area contributed by atoms with Crippen LogP contribution in [0.15, 0.2) is 47.4 Å². The first-order chi connectivity index (χ1) is 12.3. The fourth-order valence-corrected chi connectivity index (χ4v) is 3.83. The van der Waals surface area contributed by atoms with Crippen LogP contribution in [0.3, 0.4) is 0 Å². The summed E-state index contributed by atoms with van der Waals surface area (Å²) in [4.78, 5) is 25.0. The first-order valence-corrected chi connectivity index (χ1v) is 9.49. The summed E-state index contributed by atoms with van der Waals surface area (Å²) in [5, 5.41) is 0. The number of nitrogens with zero attached hydrogens (tertiary/aromatic N) is 1. The lowest BCUT2D eigenvalue weighted by Crippen LogP contribution is -2.20. The van der Waals surface area contributed by atoms with Crippen molar-refractivity contribution >= 4 is 33.3 Å². The Balaban J connectivity index is 1.81. The molecule has 1 heterocycles. The van der Waals surface area contributed by atoms with Crippen molar-refractivity contribution in [3.8, 4) is 0 Å². The van der Waals surface area contributed by atoms with Gasteiger partial charge in [0.2, 0.25) is 5.91 Å². The third kappa shape index (κ3) is 3.41. The van der Waals surface area contributed by atoms with Crippen molar-refractivity contribution in [3.05, 3.63) is 53.6 Å². The lowest BCUT2D eigenvalue weighted by molar-refractivity contribution is -0.117. The molecule has 0 radical (unpaired) electrons. The topological polar surface area (TPSA) is 92.8 Å². The Morgan fingerprint density at radius 3 is 2.54 bits per heavy atom. The van der Waals surface area contributed by atoms with E-state index in [2.05, 4.69) is 4.72 Å². The zero-order valence-electron chi connectivity index (χ0n) is 14.4. The quantitative estimate of drug-likeness (QED) is 0.810. The highest BCUT2D eigenvalue weighted by Gasteiger charge is 2.26. The molecule has 8 heteroatoms. The molecule has 0 saturated carbocycles. The lowest BCUT2D eigenvalue weighted by Gasteiger charge is -2.12. The molecule has 1 N–H and O–H groups in total. The molecule has 0 atom stereocenters. The maximum atomic E-state index is 12.6. The van der Waals surface area contributed by atoms with Crippen molar-refractivity contribution < 1.29 is 22.7 Å². The summed E-state index contributed by atoms with van der Waals surface area (Å²) in [6, 6.07) is 10.6. The fourth-order valence-electron chi connectivity index (χ4n) is 2.72. The van der Waals surface area contributed by atoms with Crippen LogP contribution in [0, 0.1) is 0 Å². The molecular weight excluding hydrogens is 356 g/mol. The van der Waals surface area contributed by atoms with Crippen molar-refractivity contribution in [2.75, 3.05) is 23.3 Å². The molecule has 2 aromatic carbocycles. The predicted molar refractivity (Wildman–Crippen MR) is 96.8 cm³/mol. The van der Waals surface area contributed by atoms with Gasteiger partial charge in [0.1, 0.15) is 0 Å². The van der Waals surface area contributed by atoms with E-state index in [9.17, 15) is 18.0 Å². The minimum Gasteiger partial charge on any atom is -0.462 e. The number of rotatable bonds is 5. The molecule has 0 aliphatic carbocycles. The van der Waals surface area contributed by atoms with Gasteiger partial charge >= 0.3 is 5.97 Å². The Kier molecular flexibility index (Phi) is 4.69. The summed E-state index contributed by atoms with van der Waals surface area (Å²) < 4.78 is 32.5. The first-order valence-electron chi connectivity index (χ1n) is 8.01. The van der Waals surface area contributed by atoms with Gasteiger partial charge in [-0.15, -0.1) is 0 Å². The highest BCUT2D eigenvalue weighted by molar-refractivity contribution is 7.92. The van der Waals surface area contributed by atoms with E-state index in [-0.39, 0.29) is 23.8 Å². The number of carbonyl (C=O) groups is 2. The number of hydrogen-bond acceptors (Lipinski definition) is 5. The molecule has 0 bridgehead atoms. The largest absolute Gasteiger partial charge is 0.462 e. The zero-order chi connectivity index (χ0) is 18.9. The van der Waals surface area contributed by atoms with Crippen molar-refractivity contribution in [2.45, 2.75) is 18.2 Å².